The van der Waals surface area contributed by atoms with Crippen LogP contribution in [0.1, 0.15) is 11.1 Å². The average Bonchev–Trinajstić information content (AvgIpc) is 2.47. The lowest BCUT2D eigenvalue weighted by Gasteiger charge is -2.22. The van der Waals surface area contributed by atoms with E-state index in [2.05, 4.69) is 54.5 Å². The van der Waals surface area contributed by atoms with E-state index in [4.69, 9.17) is 4.74 Å². The van der Waals surface area contributed by atoms with Gasteiger partial charge in [-0.1, -0.05) is 12.1 Å². The molecule has 0 atom stereocenters. The first-order valence-corrected chi connectivity index (χ1v) is 6.77. The third-order valence-electron chi connectivity index (χ3n) is 3.46. The number of nitrogens with zero attached hydrogens (tertiary/aromatic N) is 1. The average molecular weight is 270 g/mol. The largest absolute Gasteiger partial charge is 0.497 e. The molecular formula is C17H22N2O. The Balaban J connectivity index is 2.25. The minimum absolute atomic E-state index is 0.878. The molecule has 1 N–H and O–H groups in total. The summed E-state index contributed by atoms with van der Waals surface area (Å²) in [7, 11) is 5.73. The van der Waals surface area contributed by atoms with Gasteiger partial charge in [0.05, 0.1) is 7.11 Å². The molecule has 0 fully saturated rings. The highest BCUT2D eigenvalue weighted by Crippen LogP contribution is 2.28. The normalized spacial score (nSPS) is 10.4. The maximum atomic E-state index is 5.20. The van der Waals surface area contributed by atoms with E-state index in [9.17, 15) is 0 Å². The quantitative estimate of drug-likeness (QED) is 0.900. The van der Waals surface area contributed by atoms with E-state index >= 15 is 0 Å². The minimum atomic E-state index is 0.878. The minimum Gasteiger partial charge on any atom is -0.497 e. The zero-order valence-electron chi connectivity index (χ0n) is 12.6. The molecule has 106 valence electrons. The van der Waals surface area contributed by atoms with Gasteiger partial charge in [0.1, 0.15) is 5.75 Å². The standard InChI is InChI=1S/C17H22N2O/c1-13-11-14(12-18-2)5-10-17(13)19(3)15-6-8-16(20-4)9-7-15/h5-11,18H,12H2,1-4H3. The zero-order chi connectivity index (χ0) is 14.5. The fraction of sp³-hybridized carbons (Fsp3) is 0.294. The van der Waals surface area contributed by atoms with E-state index in [0.29, 0.717) is 0 Å². The zero-order valence-corrected chi connectivity index (χ0v) is 12.6. The van der Waals surface area contributed by atoms with Crippen LogP contribution < -0.4 is 15.0 Å². The van der Waals surface area contributed by atoms with Crippen molar-refractivity contribution < 1.29 is 4.74 Å². The molecule has 0 bridgehead atoms. The van der Waals surface area contributed by atoms with Crippen LogP contribution in [0.4, 0.5) is 11.4 Å². The lowest BCUT2D eigenvalue weighted by molar-refractivity contribution is 0.415. The van der Waals surface area contributed by atoms with Crippen molar-refractivity contribution in [3.05, 3.63) is 53.6 Å². The van der Waals surface area contributed by atoms with Gasteiger partial charge in [-0.15, -0.1) is 0 Å². The molecule has 2 rings (SSSR count). The van der Waals surface area contributed by atoms with Crippen LogP contribution in [0.5, 0.6) is 5.75 Å². The molecule has 0 amide bonds. The van der Waals surface area contributed by atoms with Gasteiger partial charge in [0, 0.05) is 25.0 Å². The summed E-state index contributed by atoms with van der Waals surface area (Å²) in [6, 6.07) is 14.7. The highest BCUT2D eigenvalue weighted by Gasteiger charge is 2.07. The van der Waals surface area contributed by atoms with E-state index in [1.54, 1.807) is 7.11 Å². The van der Waals surface area contributed by atoms with Gasteiger partial charge in [0.2, 0.25) is 0 Å². The van der Waals surface area contributed by atoms with Crippen molar-refractivity contribution in [2.75, 3.05) is 26.1 Å². The van der Waals surface area contributed by atoms with Gasteiger partial charge in [-0.05, 0) is 55.4 Å². The van der Waals surface area contributed by atoms with Crippen LogP contribution in [0.3, 0.4) is 0 Å². The first-order chi connectivity index (χ1) is 9.65. The summed E-state index contributed by atoms with van der Waals surface area (Å²) < 4.78 is 5.20. The molecule has 2 aromatic carbocycles. The Morgan fingerprint density at radius 2 is 1.80 bits per heavy atom. The molecule has 0 aromatic heterocycles. The molecule has 0 heterocycles. The van der Waals surface area contributed by atoms with Crippen LogP contribution in [0.2, 0.25) is 0 Å². The molecule has 0 saturated carbocycles. The summed E-state index contributed by atoms with van der Waals surface area (Å²) in [5.41, 5.74) is 4.94. The molecule has 3 heteroatoms. The van der Waals surface area contributed by atoms with Gasteiger partial charge >= 0.3 is 0 Å². The first-order valence-electron chi connectivity index (χ1n) is 6.77. The Hall–Kier alpha value is -2.00. The van der Waals surface area contributed by atoms with E-state index in [0.717, 1.165) is 18.0 Å². The van der Waals surface area contributed by atoms with Crippen molar-refractivity contribution in [3.63, 3.8) is 0 Å². The number of rotatable bonds is 5. The summed E-state index contributed by atoms with van der Waals surface area (Å²) in [5, 5.41) is 3.18. The second-order valence-electron chi connectivity index (χ2n) is 4.91. The lowest BCUT2D eigenvalue weighted by atomic mass is 10.1. The number of anilines is 2. The highest BCUT2D eigenvalue weighted by molar-refractivity contribution is 5.66. The summed E-state index contributed by atoms with van der Waals surface area (Å²) in [4.78, 5) is 2.19. The van der Waals surface area contributed by atoms with Gasteiger partial charge < -0.3 is 15.0 Å². The van der Waals surface area contributed by atoms with E-state index in [-0.39, 0.29) is 0 Å². The van der Waals surface area contributed by atoms with Crippen LogP contribution in [0.25, 0.3) is 0 Å². The molecule has 0 aliphatic rings. The molecule has 0 aliphatic carbocycles. The Morgan fingerprint density at radius 1 is 1.10 bits per heavy atom. The highest BCUT2D eigenvalue weighted by atomic mass is 16.5. The molecule has 0 radical (unpaired) electrons. The Labute approximate surface area is 121 Å². The number of aryl methyl sites for hydroxylation is 1. The Morgan fingerprint density at radius 3 is 2.35 bits per heavy atom. The molecule has 3 nitrogen and oxygen atoms in total. The van der Waals surface area contributed by atoms with Crippen molar-refractivity contribution in [1.82, 2.24) is 5.32 Å². The maximum absolute atomic E-state index is 5.20. The molecular weight excluding hydrogens is 248 g/mol. The molecule has 0 unspecified atom stereocenters. The van der Waals surface area contributed by atoms with Crippen molar-refractivity contribution in [2.24, 2.45) is 0 Å². The van der Waals surface area contributed by atoms with Gasteiger partial charge in [0.15, 0.2) is 0 Å². The van der Waals surface area contributed by atoms with E-state index < -0.39 is 0 Å². The number of hydrogen-bond donors (Lipinski definition) is 1. The first kappa shape index (κ1) is 14.4. The van der Waals surface area contributed by atoms with Crippen LogP contribution >= 0.6 is 0 Å². The fourth-order valence-electron chi connectivity index (χ4n) is 2.35. The molecule has 0 spiro atoms. The molecule has 0 saturated heterocycles. The molecule has 0 aliphatic heterocycles. The Kier molecular flexibility index (Phi) is 4.64. The third-order valence-corrected chi connectivity index (χ3v) is 3.46. The topological polar surface area (TPSA) is 24.5 Å². The predicted molar refractivity (Wildman–Crippen MR) is 85.0 cm³/mol. The van der Waals surface area contributed by atoms with Crippen molar-refractivity contribution in [2.45, 2.75) is 13.5 Å². The van der Waals surface area contributed by atoms with Gasteiger partial charge in [0.25, 0.3) is 0 Å². The third kappa shape index (κ3) is 3.11. The number of hydrogen-bond acceptors (Lipinski definition) is 3. The van der Waals surface area contributed by atoms with Crippen molar-refractivity contribution in [1.29, 1.82) is 0 Å². The second kappa shape index (κ2) is 6.44. The number of nitrogens with one attached hydrogen (secondary N) is 1. The second-order valence-corrected chi connectivity index (χ2v) is 4.91. The molecule has 20 heavy (non-hydrogen) atoms. The van der Waals surface area contributed by atoms with Crippen LogP contribution in [-0.4, -0.2) is 21.2 Å². The monoisotopic (exact) mass is 270 g/mol. The smallest absolute Gasteiger partial charge is 0.119 e. The number of ether oxygens (including phenoxy) is 1. The number of benzene rings is 2. The summed E-state index contributed by atoms with van der Waals surface area (Å²) in [5.74, 6) is 0.878. The van der Waals surface area contributed by atoms with Gasteiger partial charge in [-0.25, -0.2) is 0 Å². The SMILES string of the molecule is CNCc1ccc(N(C)c2ccc(OC)cc2)c(C)c1. The van der Waals surface area contributed by atoms with Gasteiger partial charge in [-0.2, -0.15) is 0 Å². The molecule has 2 aromatic rings. The lowest BCUT2D eigenvalue weighted by Crippen LogP contribution is -2.12. The summed E-state index contributed by atoms with van der Waals surface area (Å²) in [6.45, 7) is 3.04. The van der Waals surface area contributed by atoms with E-state index in [1.165, 1.54) is 16.8 Å². The van der Waals surface area contributed by atoms with Crippen molar-refractivity contribution in [3.8, 4) is 5.75 Å². The predicted octanol–water partition coefficient (Wildman–Crippen LogP) is 3.49. The van der Waals surface area contributed by atoms with Gasteiger partial charge in [-0.3, -0.25) is 0 Å². The maximum Gasteiger partial charge on any atom is 0.119 e. The van der Waals surface area contributed by atoms with Crippen LogP contribution in [-0.2, 0) is 6.54 Å². The Bertz CT molecular complexity index is 564. The van der Waals surface area contributed by atoms with Crippen LogP contribution in [0.15, 0.2) is 42.5 Å². The summed E-state index contributed by atoms with van der Waals surface area (Å²) in [6.07, 6.45) is 0. The van der Waals surface area contributed by atoms with E-state index in [1.807, 2.05) is 19.2 Å². The van der Waals surface area contributed by atoms with Crippen molar-refractivity contribution >= 4 is 11.4 Å². The fourth-order valence-corrected chi connectivity index (χ4v) is 2.35. The summed E-state index contributed by atoms with van der Waals surface area (Å²) >= 11 is 0. The number of methoxy groups -OCH3 is 1. The van der Waals surface area contributed by atoms with Crippen LogP contribution in [0, 0.1) is 6.92 Å².